The SMILES string of the molecule is Cc1cc(C(=O)COC(=O)c2ccc(OC(F)F)cc2)c(C)n1-c1ccc2c(c1)OCO2. The van der Waals surface area contributed by atoms with Crippen LogP contribution in [0.3, 0.4) is 0 Å². The van der Waals surface area contributed by atoms with Gasteiger partial charge in [0.15, 0.2) is 18.1 Å². The van der Waals surface area contributed by atoms with E-state index in [0.29, 0.717) is 22.8 Å². The summed E-state index contributed by atoms with van der Waals surface area (Å²) in [7, 11) is 0. The lowest BCUT2D eigenvalue weighted by atomic mass is 10.1. The molecule has 0 atom stereocenters. The summed E-state index contributed by atoms with van der Waals surface area (Å²) in [6.07, 6.45) is 0. The maximum Gasteiger partial charge on any atom is 0.387 e. The first-order valence-corrected chi connectivity index (χ1v) is 9.67. The molecule has 0 spiro atoms. The van der Waals surface area contributed by atoms with E-state index in [9.17, 15) is 18.4 Å². The normalized spacial score (nSPS) is 12.2. The quantitative estimate of drug-likeness (QED) is 0.396. The smallest absolute Gasteiger partial charge is 0.387 e. The van der Waals surface area contributed by atoms with Crippen molar-refractivity contribution < 1.29 is 37.3 Å². The topological polar surface area (TPSA) is 76.0 Å². The standard InChI is InChI=1S/C23H19F2NO6/c1-13-9-18(14(2)26(13)16-5-8-20-21(10-16)31-12-30-20)19(27)11-29-22(28)15-3-6-17(7-4-15)32-23(24)25/h3-10,23H,11-12H2,1-2H3. The van der Waals surface area contributed by atoms with E-state index in [-0.39, 0.29) is 23.9 Å². The minimum Gasteiger partial charge on any atom is -0.454 e. The minimum absolute atomic E-state index is 0.0800. The Morgan fingerprint density at radius 3 is 2.47 bits per heavy atom. The van der Waals surface area contributed by atoms with Crippen molar-refractivity contribution in [2.24, 2.45) is 0 Å². The number of ether oxygens (including phenoxy) is 4. The number of aromatic nitrogens is 1. The number of hydrogen-bond acceptors (Lipinski definition) is 6. The molecule has 0 N–H and O–H groups in total. The minimum atomic E-state index is -2.96. The molecule has 0 saturated carbocycles. The van der Waals surface area contributed by atoms with Gasteiger partial charge < -0.3 is 23.5 Å². The summed E-state index contributed by atoms with van der Waals surface area (Å²) in [5.41, 5.74) is 2.87. The number of fused-ring (bicyclic) bond motifs is 1. The number of aryl methyl sites for hydroxylation is 1. The van der Waals surface area contributed by atoms with Crippen LogP contribution < -0.4 is 14.2 Å². The van der Waals surface area contributed by atoms with E-state index in [1.54, 1.807) is 19.1 Å². The van der Waals surface area contributed by atoms with Crippen LogP contribution in [0.2, 0.25) is 0 Å². The lowest BCUT2D eigenvalue weighted by Crippen LogP contribution is -2.15. The maximum absolute atomic E-state index is 12.7. The van der Waals surface area contributed by atoms with Crippen LogP contribution in [0.1, 0.15) is 32.1 Å². The van der Waals surface area contributed by atoms with Gasteiger partial charge in [0.1, 0.15) is 5.75 Å². The van der Waals surface area contributed by atoms with Gasteiger partial charge in [-0.1, -0.05) is 0 Å². The average molecular weight is 443 g/mol. The maximum atomic E-state index is 12.7. The van der Waals surface area contributed by atoms with E-state index < -0.39 is 19.2 Å². The van der Waals surface area contributed by atoms with Gasteiger partial charge in [0, 0.05) is 28.7 Å². The van der Waals surface area contributed by atoms with Crippen LogP contribution in [0.25, 0.3) is 5.69 Å². The van der Waals surface area contributed by atoms with E-state index in [1.165, 1.54) is 24.3 Å². The summed E-state index contributed by atoms with van der Waals surface area (Å²) in [6.45, 7) is 0.415. The average Bonchev–Trinajstić information content (AvgIpc) is 3.35. The predicted octanol–water partition coefficient (Wildman–Crippen LogP) is 4.46. The number of Topliss-reactive ketones (excluding diaryl/α,β-unsaturated/α-hetero) is 1. The van der Waals surface area contributed by atoms with Crippen LogP contribution in [0.4, 0.5) is 8.78 Å². The van der Waals surface area contributed by atoms with Crippen molar-refractivity contribution in [1.29, 1.82) is 0 Å². The lowest BCUT2D eigenvalue weighted by molar-refractivity contribution is -0.0498. The third-order valence-corrected chi connectivity index (χ3v) is 5.00. The van der Waals surface area contributed by atoms with Crippen LogP contribution in [-0.4, -0.2) is 36.3 Å². The number of halogens is 2. The molecule has 2 aromatic carbocycles. The molecule has 7 nitrogen and oxygen atoms in total. The van der Waals surface area contributed by atoms with Crippen molar-refractivity contribution in [1.82, 2.24) is 4.57 Å². The first-order valence-electron chi connectivity index (χ1n) is 9.67. The zero-order valence-electron chi connectivity index (χ0n) is 17.3. The zero-order chi connectivity index (χ0) is 22.8. The molecular weight excluding hydrogens is 424 g/mol. The number of esters is 1. The first kappa shape index (κ1) is 21.4. The number of rotatable bonds is 7. The molecule has 0 fully saturated rings. The van der Waals surface area contributed by atoms with Gasteiger partial charge >= 0.3 is 12.6 Å². The largest absolute Gasteiger partial charge is 0.454 e. The Bertz CT molecular complexity index is 1170. The molecule has 0 bridgehead atoms. The second kappa shape index (κ2) is 8.70. The van der Waals surface area contributed by atoms with E-state index in [0.717, 1.165) is 11.4 Å². The molecule has 0 amide bonds. The highest BCUT2D eigenvalue weighted by Crippen LogP contribution is 2.35. The molecule has 1 aliphatic heterocycles. The molecule has 0 saturated heterocycles. The molecule has 1 aliphatic rings. The predicted molar refractivity (Wildman–Crippen MR) is 109 cm³/mol. The van der Waals surface area contributed by atoms with Crippen molar-refractivity contribution in [2.45, 2.75) is 20.5 Å². The number of benzene rings is 2. The fraction of sp³-hybridized carbons (Fsp3) is 0.217. The zero-order valence-corrected chi connectivity index (χ0v) is 17.3. The Hall–Kier alpha value is -3.88. The van der Waals surface area contributed by atoms with Gasteiger partial charge in [0.2, 0.25) is 12.6 Å². The van der Waals surface area contributed by atoms with Gasteiger partial charge in [-0.25, -0.2) is 4.79 Å². The molecule has 0 radical (unpaired) electrons. The van der Waals surface area contributed by atoms with E-state index >= 15 is 0 Å². The fourth-order valence-electron chi connectivity index (χ4n) is 3.53. The second-order valence-electron chi connectivity index (χ2n) is 7.06. The molecule has 0 unspecified atom stereocenters. The van der Waals surface area contributed by atoms with E-state index in [2.05, 4.69) is 4.74 Å². The fourth-order valence-corrected chi connectivity index (χ4v) is 3.53. The molecule has 4 rings (SSSR count). The van der Waals surface area contributed by atoms with E-state index in [1.807, 2.05) is 23.6 Å². The van der Waals surface area contributed by atoms with Crippen LogP contribution >= 0.6 is 0 Å². The number of carbonyl (C=O) groups is 2. The van der Waals surface area contributed by atoms with Crippen molar-refractivity contribution in [3.05, 3.63) is 71.0 Å². The highest BCUT2D eigenvalue weighted by Gasteiger charge is 2.21. The van der Waals surface area contributed by atoms with Gasteiger partial charge in [-0.05, 0) is 56.3 Å². The van der Waals surface area contributed by atoms with Gasteiger partial charge in [-0.15, -0.1) is 0 Å². The number of nitrogens with zero attached hydrogens (tertiary/aromatic N) is 1. The van der Waals surface area contributed by atoms with E-state index in [4.69, 9.17) is 14.2 Å². The molecule has 2 heterocycles. The lowest BCUT2D eigenvalue weighted by Gasteiger charge is -2.11. The molecule has 166 valence electrons. The molecular formula is C23H19F2NO6. The Morgan fingerprint density at radius 2 is 1.75 bits per heavy atom. The van der Waals surface area contributed by atoms with Crippen LogP contribution in [0, 0.1) is 13.8 Å². The summed E-state index contributed by atoms with van der Waals surface area (Å²) in [6, 6.07) is 12.3. The summed E-state index contributed by atoms with van der Waals surface area (Å²) in [5, 5.41) is 0. The summed E-state index contributed by atoms with van der Waals surface area (Å²) in [4.78, 5) is 24.9. The van der Waals surface area contributed by atoms with Crippen LogP contribution in [0.15, 0.2) is 48.5 Å². The van der Waals surface area contributed by atoms with Crippen molar-refractivity contribution in [3.8, 4) is 22.9 Å². The summed E-state index contributed by atoms with van der Waals surface area (Å²) >= 11 is 0. The van der Waals surface area contributed by atoms with Crippen molar-refractivity contribution >= 4 is 11.8 Å². The molecule has 0 aliphatic carbocycles. The molecule has 32 heavy (non-hydrogen) atoms. The van der Waals surface area contributed by atoms with Crippen LogP contribution in [0.5, 0.6) is 17.2 Å². The number of hydrogen-bond donors (Lipinski definition) is 0. The van der Waals surface area contributed by atoms with Crippen LogP contribution in [-0.2, 0) is 4.74 Å². The highest BCUT2D eigenvalue weighted by molar-refractivity contribution is 6.00. The monoisotopic (exact) mass is 443 g/mol. The Kier molecular flexibility index (Phi) is 5.81. The Morgan fingerprint density at radius 1 is 1.03 bits per heavy atom. The second-order valence-corrected chi connectivity index (χ2v) is 7.06. The number of carbonyl (C=O) groups excluding carboxylic acids is 2. The summed E-state index contributed by atoms with van der Waals surface area (Å²) < 4.78 is 46.4. The molecule has 1 aromatic heterocycles. The first-order chi connectivity index (χ1) is 15.3. The number of alkyl halides is 2. The Labute approximate surface area is 182 Å². The van der Waals surface area contributed by atoms with Gasteiger partial charge in [0.25, 0.3) is 0 Å². The van der Waals surface area contributed by atoms with Gasteiger partial charge in [-0.2, -0.15) is 8.78 Å². The van der Waals surface area contributed by atoms with Gasteiger partial charge in [-0.3, -0.25) is 4.79 Å². The number of ketones is 1. The summed E-state index contributed by atoms with van der Waals surface area (Å²) in [5.74, 6) is 0.0983. The highest BCUT2D eigenvalue weighted by atomic mass is 19.3. The molecule has 9 heteroatoms. The Balaban J connectivity index is 1.45. The van der Waals surface area contributed by atoms with Gasteiger partial charge in [0.05, 0.1) is 5.56 Å². The van der Waals surface area contributed by atoms with Crippen molar-refractivity contribution in [3.63, 3.8) is 0 Å². The van der Waals surface area contributed by atoms with Crippen molar-refractivity contribution in [2.75, 3.05) is 13.4 Å². The molecule has 3 aromatic rings. The third kappa shape index (κ3) is 4.27. The third-order valence-electron chi connectivity index (χ3n) is 5.00.